The van der Waals surface area contributed by atoms with Crippen LogP contribution in [0.5, 0.6) is 0 Å². The molecule has 36 heavy (non-hydrogen) atoms. The van der Waals surface area contributed by atoms with E-state index in [9.17, 15) is 34.2 Å². The molecule has 0 radical (unpaired) electrons. The number of urea groups is 1. The molecule has 1 aromatic carbocycles. The first kappa shape index (κ1) is 25.8. The Hall–Kier alpha value is -3.32. The van der Waals surface area contributed by atoms with Gasteiger partial charge in [0.15, 0.2) is 0 Å². The smallest absolute Gasteiger partial charge is 0.327 e. The number of carbonyl (C=O) groups is 5. The van der Waals surface area contributed by atoms with Crippen LogP contribution in [0.25, 0.3) is 0 Å². The van der Waals surface area contributed by atoms with E-state index < -0.39 is 64.2 Å². The third-order valence-electron chi connectivity index (χ3n) is 6.72. The zero-order valence-electron chi connectivity index (χ0n) is 20.1. The first-order valence-electron chi connectivity index (χ1n) is 11.6. The molecule has 1 aromatic rings. The second-order valence-electron chi connectivity index (χ2n) is 9.36. The summed E-state index contributed by atoms with van der Waals surface area (Å²) in [4.78, 5) is 66.9. The molecule has 3 saturated heterocycles. The second-order valence-corrected chi connectivity index (χ2v) is 11.1. The molecule has 12 nitrogen and oxygen atoms in total. The Morgan fingerprint density at radius 3 is 2.42 bits per heavy atom. The van der Waals surface area contributed by atoms with E-state index in [0.717, 1.165) is 4.90 Å². The molecule has 4 N–H and O–H groups in total. The summed E-state index contributed by atoms with van der Waals surface area (Å²) in [6.07, 6.45) is -1.68. The highest BCUT2D eigenvalue weighted by Gasteiger charge is 2.64. The molecule has 13 heteroatoms. The minimum absolute atomic E-state index is 0.0795. The normalized spacial score (nSPS) is 27.7. The van der Waals surface area contributed by atoms with E-state index in [2.05, 4.69) is 10.6 Å². The number of benzene rings is 1. The van der Waals surface area contributed by atoms with Crippen LogP contribution in [-0.2, 0) is 19.2 Å². The van der Waals surface area contributed by atoms with Crippen LogP contribution in [0.1, 0.15) is 32.4 Å². The molecule has 5 atom stereocenters. The third kappa shape index (κ3) is 4.37. The van der Waals surface area contributed by atoms with Crippen LogP contribution in [0.15, 0.2) is 30.3 Å². The number of thioether (sulfide) groups is 1. The summed E-state index contributed by atoms with van der Waals surface area (Å²) in [6, 6.07) is 4.37. The van der Waals surface area contributed by atoms with Gasteiger partial charge in [-0.3, -0.25) is 19.3 Å². The fourth-order valence-electron chi connectivity index (χ4n) is 4.82. The van der Waals surface area contributed by atoms with E-state index in [1.54, 1.807) is 51.1 Å². The van der Waals surface area contributed by atoms with Gasteiger partial charge in [0.05, 0.1) is 0 Å². The number of nitrogens with one attached hydrogen (secondary N) is 2. The van der Waals surface area contributed by atoms with Gasteiger partial charge < -0.3 is 30.6 Å². The Bertz CT molecular complexity index is 1080. The number of amides is 5. The van der Waals surface area contributed by atoms with Crippen molar-refractivity contribution in [3.05, 3.63) is 35.9 Å². The van der Waals surface area contributed by atoms with E-state index in [1.807, 2.05) is 0 Å². The van der Waals surface area contributed by atoms with Gasteiger partial charge in [-0.2, -0.15) is 0 Å². The van der Waals surface area contributed by atoms with E-state index in [1.165, 1.54) is 21.6 Å². The zero-order valence-corrected chi connectivity index (χ0v) is 20.9. The molecule has 0 bridgehead atoms. The number of carboxylic acid groups (broad SMARTS) is 1. The number of aliphatic hydroxyl groups is 1. The number of likely N-dealkylation sites (N-methyl/N-ethyl adjacent to an activating group) is 1. The molecule has 5 amide bonds. The molecule has 3 heterocycles. The number of aliphatic carboxylic acids is 1. The molecule has 2 unspecified atom stereocenters. The van der Waals surface area contributed by atoms with E-state index >= 15 is 0 Å². The summed E-state index contributed by atoms with van der Waals surface area (Å²) in [5.41, 5.74) is 0.433. The van der Waals surface area contributed by atoms with E-state index in [0.29, 0.717) is 12.1 Å². The van der Waals surface area contributed by atoms with E-state index in [-0.39, 0.29) is 13.1 Å². The van der Waals surface area contributed by atoms with Crippen LogP contribution in [0, 0.1) is 0 Å². The minimum Gasteiger partial charge on any atom is -0.480 e. The van der Waals surface area contributed by atoms with Crippen LogP contribution < -0.4 is 10.6 Å². The van der Waals surface area contributed by atoms with E-state index in [4.69, 9.17) is 0 Å². The molecule has 0 saturated carbocycles. The predicted octanol–water partition coefficient (Wildman–Crippen LogP) is -0.448. The Labute approximate surface area is 212 Å². The number of hydrogen-bond donors (Lipinski definition) is 4. The fraction of sp³-hybridized carbons (Fsp3) is 0.522. The Balaban J connectivity index is 1.50. The maximum Gasteiger partial charge on any atom is 0.327 e. The van der Waals surface area contributed by atoms with Crippen molar-refractivity contribution in [2.24, 2.45) is 0 Å². The molecule has 194 valence electrons. The molecular formula is C23H29N5O7S. The molecule has 4 rings (SSSR count). The lowest BCUT2D eigenvalue weighted by Crippen LogP contribution is -2.71. The highest BCUT2D eigenvalue weighted by Crippen LogP contribution is 2.50. The number of carboxylic acids is 1. The van der Waals surface area contributed by atoms with Crippen molar-refractivity contribution in [3.8, 4) is 0 Å². The average molecular weight is 520 g/mol. The quantitative estimate of drug-likeness (QED) is 0.368. The molecule has 3 fully saturated rings. The number of nitrogens with zero attached hydrogens (tertiary/aromatic N) is 3. The molecule has 3 aliphatic heterocycles. The van der Waals surface area contributed by atoms with Gasteiger partial charge in [0.2, 0.25) is 18.0 Å². The molecule has 0 aliphatic carbocycles. The van der Waals surface area contributed by atoms with Gasteiger partial charge in [-0.1, -0.05) is 30.3 Å². The lowest BCUT2D eigenvalue weighted by Gasteiger charge is -2.44. The van der Waals surface area contributed by atoms with Crippen molar-refractivity contribution in [2.45, 2.75) is 55.2 Å². The summed E-state index contributed by atoms with van der Waals surface area (Å²) < 4.78 is -0.748. The summed E-state index contributed by atoms with van der Waals surface area (Å²) in [5.74, 6) is -2.89. The van der Waals surface area contributed by atoms with Crippen molar-refractivity contribution in [2.75, 3.05) is 19.6 Å². The lowest BCUT2D eigenvalue weighted by molar-refractivity contribution is -0.161. The van der Waals surface area contributed by atoms with Crippen LogP contribution in [0.3, 0.4) is 0 Å². The van der Waals surface area contributed by atoms with Gasteiger partial charge in [0.25, 0.3) is 5.91 Å². The number of rotatable bonds is 6. The fourth-order valence-corrected chi connectivity index (χ4v) is 6.44. The predicted molar refractivity (Wildman–Crippen MR) is 128 cm³/mol. The van der Waals surface area contributed by atoms with Crippen LogP contribution in [0.2, 0.25) is 0 Å². The lowest BCUT2D eigenvalue weighted by atomic mass is 9.95. The highest BCUT2D eigenvalue weighted by atomic mass is 32.2. The van der Waals surface area contributed by atoms with Crippen LogP contribution >= 0.6 is 11.8 Å². The first-order chi connectivity index (χ1) is 17.0. The van der Waals surface area contributed by atoms with Gasteiger partial charge in [0.1, 0.15) is 23.5 Å². The number of fused-ring (bicyclic) bond motifs is 1. The van der Waals surface area contributed by atoms with Crippen molar-refractivity contribution in [1.82, 2.24) is 25.3 Å². The molecule has 3 aliphatic rings. The SMILES string of the molecule is CCN1CCN(C(=O)N[C@@H](C(=O)N[C@@H]2C(=O)N3C(C(=O)O)C(C)(C)S[C@H]23)c2ccccc2)C(O)C1=O. The van der Waals surface area contributed by atoms with Gasteiger partial charge in [0, 0.05) is 24.4 Å². The molecule has 0 aromatic heterocycles. The van der Waals surface area contributed by atoms with Crippen molar-refractivity contribution >= 4 is 41.5 Å². The van der Waals surface area contributed by atoms with Crippen LogP contribution in [0.4, 0.5) is 4.79 Å². The number of carbonyl (C=O) groups excluding carboxylic acids is 4. The Morgan fingerprint density at radius 1 is 1.14 bits per heavy atom. The zero-order chi connectivity index (χ0) is 26.4. The largest absolute Gasteiger partial charge is 0.480 e. The molecular weight excluding hydrogens is 490 g/mol. The number of β-lactam (4-membered cyclic amide) rings is 1. The second kappa shape index (κ2) is 9.62. The minimum atomic E-state index is -1.68. The third-order valence-corrected chi connectivity index (χ3v) is 8.29. The summed E-state index contributed by atoms with van der Waals surface area (Å²) in [6.45, 7) is 5.95. The number of aliphatic hydroxyl groups excluding tert-OH is 1. The standard InChI is InChI=1S/C23H29N5O7S/c1-4-26-10-11-27(19(32)18(26)31)22(35)25-13(12-8-6-5-7-9-12)16(29)24-14-17(30)28-15(21(33)34)23(2,3)36-20(14)28/h5-9,13-15,19-20,32H,4,10-11H2,1-3H3,(H,24,29)(H,25,35)(H,33,34)/t13-,14-,15?,19?,20-/m1/s1. The summed E-state index contributed by atoms with van der Waals surface area (Å²) in [5, 5.41) is 24.6. The average Bonchev–Trinajstić information content (AvgIpc) is 3.10. The Morgan fingerprint density at radius 2 is 1.81 bits per heavy atom. The van der Waals surface area contributed by atoms with Crippen LogP contribution in [-0.4, -0.2) is 103 Å². The Kier molecular flexibility index (Phi) is 6.88. The molecule has 0 spiro atoms. The van der Waals surface area contributed by atoms with Gasteiger partial charge in [-0.25, -0.2) is 9.59 Å². The highest BCUT2D eigenvalue weighted by molar-refractivity contribution is 8.01. The monoisotopic (exact) mass is 519 g/mol. The first-order valence-corrected chi connectivity index (χ1v) is 12.5. The maximum absolute atomic E-state index is 13.3. The topological polar surface area (TPSA) is 160 Å². The summed E-state index contributed by atoms with van der Waals surface area (Å²) in [7, 11) is 0. The van der Waals surface area contributed by atoms with Gasteiger partial charge in [-0.05, 0) is 26.3 Å². The van der Waals surface area contributed by atoms with Gasteiger partial charge >= 0.3 is 12.0 Å². The van der Waals surface area contributed by atoms with Crippen molar-refractivity contribution in [1.29, 1.82) is 0 Å². The number of hydrogen-bond acceptors (Lipinski definition) is 7. The van der Waals surface area contributed by atoms with Crippen molar-refractivity contribution < 1.29 is 34.2 Å². The van der Waals surface area contributed by atoms with Gasteiger partial charge in [-0.15, -0.1) is 11.8 Å². The van der Waals surface area contributed by atoms with Crippen molar-refractivity contribution in [3.63, 3.8) is 0 Å². The summed E-state index contributed by atoms with van der Waals surface area (Å²) >= 11 is 1.29. The maximum atomic E-state index is 13.3. The number of piperazine rings is 1.